The summed E-state index contributed by atoms with van der Waals surface area (Å²) >= 11 is 0. The molecule has 0 spiro atoms. The molecule has 2 saturated heterocycles. The molecule has 7 nitrogen and oxygen atoms in total. The second-order valence-corrected chi connectivity index (χ2v) is 8.06. The molecule has 3 rings (SSSR count). The number of hydrogen-bond donors (Lipinski definition) is 2. The minimum absolute atomic E-state index is 0. The van der Waals surface area contributed by atoms with E-state index in [9.17, 15) is 4.79 Å². The molecule has 8 heteroatoms. The van der Waals surface area contributed by atoms with E-state index in [1.54, 1.807) is 0 Å². The fourth-order valence-electron chi connectivity index (χ4n) is 4.05. The number of aryl methyl sites for hydroxylation is 1. The van der Waals surface area contributed by atoms with Crippen molar-refractivity contribution in [1.82, 2.24) is 20.4 Å². The van der Waals surface area contributed by atoms with E-state index in [1.807, 2.05) is 4.90 Å². The van der Waals surface area contributed by atoms with E-state index in [0.717, 1.165) is 71.3 Å². The van der Waals surface area contributed by atoms with Crippen LogP contribution < -0.4 is 10.6 Å². The summed E-state index contributed by atoms with van der Waals surface area (Å²) in [6.07, 6.45) is 2.64. The molecule has 2 N–H and O–H groups in total. The lowest BCUT2D eigenvalue weighted by molar-refractivity contribution is -0.127. The highest BCUT2D eigenvalue weighted by Gasteiger charge is 2.23. The number of likely N-dealkylation sites (tertiary alicyclic amines) is 1. The van der Waals surface area contributed by atoms with Gasteiger partial charge in [-0.1, -0.05) is 29.8 Å². The molecule has 2 aliphatic rings. The van der Waals surface area contributed by atoms with Crippen LogP contribution in [0.15, 0.2) is 29.3 Å². The number of carbonyl (C=O) groups is 1. The summed E-state index contributed by atoms with van der Waals surface area (Å²) in [5, 5.41) is 6.79. The van der Waals surface area contributed by atoms with Gasteiger partial charge >= 0.3 is 0 Å². The standard InChI is InChI=1S/C23H37N5O2.HI/c1-3-24-23(25-11-5-13-28-12-4-6-22(28)29)26-18-21(27-14-16-30-17-15-27)20-9-7-19(2)8-10-20;/h7-10,21H,3-6,11-18H2,1-2H3,(H2,24,25,26);1H. The number of halogens is 1. The van der Waals surface area contributed by atoms with Gasteiger partial charge in [-0.15, -0.1) is 24.0 Å². The Bertz CT molecular complexity index is 692. The number of ether oxygens (including phenoxy) is 1. The summed E-state index contributed by atoms with van der Waals surface area (Å²) in [6, 6.07) is 9.04. The molecule has 1 aromatic carbocycles. The van der Waals surface area contributed by atoms with Crippen LogP contribution in [0.5, 0.6) is 0 Å². The third kappa shape index (κ3) is 8.23. The van der Waals surface area contributed by atoms with Gasteiger partial charge in [-0.25, -0.2) is 0 Å². The highest BCUT2D eigenvalue weighted by molar-refractivity contribution is 14.0. The molecule has 2 heterocycles. The first-order valence-electron chi connectivity index (χ1n) is 11.4. The number of hydrogen-bond acceptors (Lipinski definition) is 4. The van der Waals surface area contributed by atoms with Crippen LogP contribution in [0.4, 0.5) is 0 Å². The van der Waals surface area contributed by atoms with Gasteiger partial charge in [-0.3, -0.25) is 14.7 Å². The minimum Gasteiger partial charge on any atom is -0.379 e. The van der Waals surface area contributed by atoms with Crippen molar-refractivity contribution in [2.45, 2.75) is 39.2 Å². The van der Waals surface area contributed by atoms with Crippen molar-refractivity contribution < 1.29 is 9.53 Å². The Morgan fingerprint density at radius 3 is 2.55 bits per heavy atom. The van der Waals surface area contributed by atoms with Crippen molar-refractivity contribution in [2.75, 3.05) is 59.0 Å². The second-order valence-electron chi connectivity index (χ2n) is 8.06. The molecular formula is C23H38IN5O2. The molecule has 1 aromatic rings. The minimum atomic E-state index is 0. The maximum Gasteiger partial charge on any atom is 0.222 e. The van der Waals surface area contributed by atoms with Gasteiger partial charge in [0.25, 0.3) is 0 Å². The van der Waals surface area contributed by atoms with Crippen molar-refractivity contribution in [3.8, 4) is 0 Å². The smallest absolute Gasteiger partial charge is 0.222 e. The second kappa shape index (κ2) is 13.9. The van der Waals surface area contributed by atoms with Crippen molar-refractivity contribution in [3.05, 3.63) is 35.4 Å². The van der Waals surface area contributed by atoms with Crippen LogP contribution in [0, 0.1) is 6.92 Å². The van der Waals surface area contributed by atoms with E-state index in [2.05, 4.69) is 53.6 Å². The van der Waals surface area contributed by atoms with Crippen molar-refractivity contribution in [2.24, 2.45) is 4.99 Å². The molecule has 0 bridgehead atoms. The lowest BCUT2D eigenvalue weighted by atomic mass is 10.0. The monoisotopic (exact) mass is 543 g/mol. The SMILES string of the molecule is CCNC(=NCC(c1ccc(C)cc1)N1CCOCC1)NCCCN1CCCC1=O.I. The van der Waals surface area contributed by atoms with E-state index < -0.39 is 0 Å². The normalized spacial score (nSPS) is 18.6. The van der Waals surface area contributed by atoms with Gasteiger partial charge < -0.3 is 20.3 Å². The number of guanidine groups is 1. The van der Waals surface area contributed by atoms with E-state index in [-0.39, 0.29) is 30.0 Å². The number of nitrogens with zero attached hydrogens (tertiary/aromatic N) is 3. The molecule has 0 radical (unpaired) electrons. The Labute approximate surface area is 204 Å². The van der Waals surface area contributed by atoms with Crippen molar-refractivity contribution >= 4 is 35.8 Å². The van der Waals surface area contributed by atoms with Gasteiger partial charge in [0.1, 0.15) is 0 Å². The molecule has 0 aromatic heterocycles. The zero-order valence-electron chi connectivity index (χ0n) is 18.9. The molecule has 31 heavy (non-hydrogen) atoms. The van der Waals surface area contributed by atoms with Crippen LogP contribution in [0.3, 0.4) is 0 Å². The molecular weight excluding hydrogens is 505 g/mol. The van der Waals surface area contributed by atoms with Gasteiger partial charge in [-0.05, 0) is 32.3 Å². The summed E-state index contributed by atoms with van der Waals surface area (Å²) in [4.78, 5) is 21.1. The Balaban J connectivity index is 0.00000341. The lowest BCUT2D eigenvalue weighted by Crippen LogP contribution is -2.42. The van der Waals surface area contributed by atoms with Crippen LogP contribution in [-0.4, -0.2) is 80.7 Å². The number of aliphatic imine (C=N–C) groups is 1. The third-order valence-electron chi connectivity index (χ3n) is 5.78. The summed E-state index contributed by atoms with van der Waals surface area (Å²) in [7, 11) is 0. The maximum absolute atomic E-state index is 11.7. The predicted octanol–water partition coefficient (Wildman–Crippen LogP) is 2.55. The van der Waals surface area contributed by atoms with Crippen LogP contribution in [0.25, 0.3) is 0 Å². The fourth-order valence-corrected chi connectivity index (χ4v) is 4.05. The average molecular weight is 543 g/mol. The van der Waals surface area contributed by atoms with Crippen molar-refractivity contribution in [1.29, 1.82) is 0 Å². The van der Waals surface area contributed by atoms with E-state index in [0.29, 0.717) is 18.9 Å². The molecule has 1 atom stereocenters. The van der Waals surface area contributed by atoms with Crippen LogP contribution >= 0.6 is 24.0 Å². The number of nitrogens with one attached hydrogen (secondary N) is 2. The third-order valence-corrected chi connectivity index (χ3v) is 5.78. The molecule has 2 aliphatic heterocycles. The molecule has 0 saturated carbocycles. The predicted molar refractivity (Wildman–Crippen MR) is 136 cm³/mol. The van der Waals surface area contributed by atoms with Gasteiger partial charge in [0.2, 0.25) is 5.91 Å². The van der Waals surface area contributed by atoms with Gasteiger partial charge in [0, 0.05) is 45.7 Å². The maximum atomic E-state index is 11.7. The quantitative estimate of drug-likeness (QED) is 0.217. The molecule has 2 fully saturated rings. The summed E-state index contributed by atoms with van der Waals surface area (Å²) in [5.74, 6) is 1.14. The Morgan fingerprint density at radius 1 is 1.16 bits per heavy atom. The van der Waals surface area contributed by atoms with E-state index in [4.69, 9.17) is 9.73 Å². The molecule has 174 valence electrons. The topological polar surface area (TPSA) is 69.2 Å². The van der Waals surface area contributed by atoms with Crippen LogP contribution in [0.1, 0.15) is 43.4 Å². The first-order valence-corrected chi connectivity index (χ1v) is 11.4. The number of amides is 1. The Morgan fingerprint density at radius 2 is 1.90 bits per heavy atom. The Hall–Kier alpha value is -1.39. The molecule has 1 unspecified atom stereocenters. The van der Waals surface area contributed by atoms with Gasteiger partial charge in [-0.2, -0.15) is 0 Å². The first kappa shape index (κ1) is 25.9. The zero-order valence-corrected chi connectivity index (χ0v) is 21.3. The fraction of sp³-hybridized carbons (Fsp3) is 0.652. The van der Waals surface area contributed by atoms with Gasteiger partial charge in [0.05, 0.1) is 25.8 Å². The van der Waals surface area contributed by atoms with Crippen LogP contribution in [-0.2, 0) is 9.53 Å². The largest absolute Gasteiger partial charge is 0.379 e. The van der Waals surface area contributed by atoms with E-state index >= 15 is 0 Å². The summed E-state index contributed by atoms with van der Waals surface area (Å²) in [5.41, 5.74) is 2.57. The number of rotatable bonds is 9. The zero-order chi connectivity index (χ0) is 21.2. The Kier molecular flexibility index (Phi) is 11.6. The highest BCUT2D eigenvalue weighted by atomic mass is 127. The summed E-state index contributed by atoms with van der Waals surface area (Å²) in [6.45, 7) is 11.7. The lowest BCUT2D eigenvalue weighted by Gasteiger charge is -2.34. The number of benzene rings is 1. The van der Waals surface area contributed by atoms with E-state index in [1.165, 1.54) is 11.1 Å². The van der Waals surface area contributed by atoms with Crippen LogP contribution in [0.2, 0.25) is 0 Å². The average Bonchev–Trinajstić information content (AvgIpc) is 3.18. The molecule has 1 amide bonds. The first-order chi connectivity index (χ1) is 14.7. The molecule has 0 aliphatic carbocycles. The number of morpholine rings is 1. The van der Waals surface area contributed by atoms with Crippen molar-refractivity contribution in [3.63, 3.8) is 0 Å². The highest BCUT2D eigenvalue weighted by Crippen LogP contribution is 2.23. The number of carbonyl (C=O) groups excluding carboxylic acids is 1. The summed E-state index contributed by atoms with van der Waals surface area (Å²) < 4.78 is 5.55. The van der Waals surface area contributed by atoms with Gasteiger partial charge in [0.15, 0.2) is 5.96 Å².